The minimum absolute atomic E-state index is 0.318. The van der Waals surface area contributed by atoms with Gasteiger partial charge in [0.15, 0.2) is 0 Å². The summed E-state index contributed by atoms with van der Waals surface area (Å²) in [5, 5.41) is 10.3. The van der Waals surface area contributed by atoms with Gasteiger partial charge in [0.05, 0.1) is 6.10 Å². The molecular formula is C13H16F3NO2. The van der Waals surface area contributed by atoms with Crippen molar-refractivity contribution in [1.29, 1.82) is 0 Å². The zero-order valence-electron chi connectivity index (χ0n) is 10.3. The maximum absolute atomic E-state index is 12.1. The van der Waals surface area contributed by atoms with Crippen LogP contribution >= 0.6 is 0 Å². The minimum atomic E-state index is -4.73. The smallest absolute Gasteiger partial charge is 0.406 e. The first kappa shape index (κ1) is 14.1. The van der Waals surface area contributed by atoms with E-state index in [1.807, 2.05) is 0 Å². The van der Waals surface area contributed by atoms with E-state index in [9.17, 15) is 18.3 Å². The fourth-order valence-electron chi connectivity index (χ4n) is 2.46. The summed E-state index contributed by atoms with van der Waals surface area (Å²) in [6.45, 7) is 0.318. The van der Waals surface area contributed by atoms with Crippen LogP contribution in [0.1, 0.15) is 30.9 Å². The number of nitrogens with two attached hydrogens (primary N) is 1. The Kier molecular flexibility index (Phi) is 3.73. The highest BCUT2D eigenvalue weighted by Gasteiger charge is 2.43. The summed E-state index contributed by atoms with van der Waals surface area (Å²) in [6.07, 6.45) is -3.04. The van der Waals surface area contributed by atoms with Crippen molar-refractivity contribution >= 4 is 0 Å². The Morgan fingerprint density at radius 1 is 1.37 bits per heavy atom. The van der Waals surface area contributed by atoms with Crippen molar-refractivity contribution in [1.82, 2.24) is 0 Å². The van der Waals surface area contributed by atoms with E-state index in [4.69, 9.17) is 5.73 Å². The molecule has 6 heteroatoms. The molecule has 1 fully saturated rings. The molecule has 1 aliphatic carbocycles. The Balaban J connectivity index is 2.18. The van der Waals surface area contributed by atoms with Crippen LogP contribution < -0.4 is 10.5 Å². The fourth-order valence-corrected chi connectivity index (χ4v) is 2.46. The minimum Gasteiger partial charge on any atom is -0.406 e. The van der Waals surface area contributed by atoms with Crippen LogP contribution in [0.15, 0.2) is 24.3 Å². The third-order valence-corrected chi connectivity index (χ3v) is 3.74. The number of rotatable bonds is 4. The number of aliphatic hydroxyl groups is 1. The Hall–Kier alpha value is -1.27. The van der Waals surface area contributed by atoms with Gasteiger partial charge in [-0.1, -0.05) is 18.6 Å². The van der Waals surface area contributed by atoms with Crippen molar-refractivity contribution in [2.45, 2.75) is 31.7 Å². The number of hydrogen-bond donors (Lipinski definition) is 2. The number of benzene rings is 1. The molecule has 0 amide bonds. The summed E-state index contributed by atoms with van der Waals surface area (Å²) >= 11 is 0. The number of aliphatic hydroxyl groups excluding tert-OH is 1. The molecule has 2 rings (SSSR count). The molecule has 0 bridgehead atoms. The van der Waals surface area contributed by atoms with Gasteiger partial charge in [0, 0.05) is 12.0 Å². The van der Waals surface area contributed by atoms with Gasteiger partial charge in [-0.3, -0.25) is 0 Å². The molecular weight excluding hydrogens is 259 g/mol. The SMILES string of the molecule is NCC1(C(O)c2cccc(OC(F)(F)F)c2)CCC1. The molecule has 3 N–H and O–H groups in total. The summed E-state index contributed by atoms with van der Waals surface area (Å²) in [5.41, 5.74) is 5.68. The summed E-state index contributed by atoms with van der Waals surface area (Å²) in [4.78, 5) is 0. The van der Waals surface area contributed by atoms with E-state index in [1.165, 1.54) is 18.2 Å². The Bertz CT molecular complexity index is 438. The molecule has 19 heavy (non-hydrogen) atoms. The first-order valence-electron chi connectivity index (χ1n) is 6.10. The van der Waals surface area contributed by atoms with Crippen molar-refractivity contribution in [3.63, 3.8) is 0 Å². The maximum Gasteiger partial charge on any atom is 0.573 e. The van der Waals surface area contributed by atoms with Crippen LogP contribution in [0.5, 0.6) is 5.75 Å². The highest BCUT2D eigenvalue weighted by Crippen LogP contribution is 2.49. The predicted molar refractivity (Wildman–Crippen MR) is 63.4 cm³/mol. The quantitative estimate of drug-likeness (QED) is 0.888. The lowest BCUT2D eigenvalue weighted by Crippen LogP contribution is -2.42. The molecule has 1 unspecified atom stereocenters. The van der Waals surface area contributed by atoms with E-state index in [-0.39, 0.29) is 5.75 Å². The summed E-state index contributed by atoms with van der Waals surface area (Å²) in [6, 6.07) is 5.44. The molecule has 1 saturated carbocycles. The van der Waals surface area contributed by atoms with Crippen LogP contribution in [0.3, 0.4) is 0 Å². The molecule has 106 valence electrons. The summed E-state index contributed by atoms with van der Waals surface area (Å²) < 4.78 is 40.3. The number of halogens is 3. The van der Waals surface area contributed by atoms with Crippen molar-refractivity contribution in [3.05, 3.63) is 29.8 Å². The molecule has 0 saturated heterocycles. The first-order valence-corrected chi connectivity index (χ1v) is 6.10. The second-order valence-electron chi connectivity index (χ2n) is 4.94. The first-order chi connectivity index (χ1) is 8.86. The highest BCUT2D eigenvalue weighted by atomic mass is 19.4. The molecule has 1 aromatic carbocycles. The van der Waals surface area contributed by atoms with E-state index in [1.54, 1.807) is 6.07 Å². The third-order valence-electron chi connectivity index (χ3n) is 3.74. The molecule has 0 aliphatic heterocycles. The molecule has 3 nitrogen and oxygen atoms in total. The van der Waals surface area contributed by atoms with Crippen molar-refractivity contribution in [2.75, 3.05) is 6.54 Å². The Morgan fingerprint density at radius 3 is 2.53 bits per heavy atom. The van der Waals surface area contributed by atoms with Gasteiger partial charge in [-0.05, 0) is 30.5 Å². The van der Waals surface area contributed by atoms with E-state index in [0.717, 1.165) is 19.3 Å². The standard InChI is InChI=1S/C13H16F3NO2/c14-13(15,16)19-10-4-1-3-9(7-10)11(18)12(8-17)5-2-6-12/h1,3-4,7,11,18H,2,5-6,8,17H2. The molecule has 0 aromatic heterocycles. The number of ether oxygens (including phenoxy) is 1. The van der Waals surface area contributed by atoms with Crippen molar-refractivity contribution in [2.24, 2.45) is 11.1 Å². The molecule has 0 radical (unpaired) electrons. The van der Waals surface area contributed by atoms with Gasteiger partial charge in [0.1, 0.15) is 5.75 Å². The van der Waals surface area contributed by atoms with Gasteiger partial charge in [-0.15, -0.1) is 13.2 Å². The summed E-state index contributed by atoms with van der Waals surface area (Å²) in [7, 11) is 0. The van der Waals surface area contributed by atoms with Crippen LogP contribution in [-0.2, 0) is 0 Å². The van der Waals surface area contributed by atoms with Crippen LogP contribution in [0.4, 0.5) is 13.2 Å². The zero-order valence-corrected chi connectivity index (χ0v) is 10.3. The maximum atomic E-state index is 12.1. The third kappa shape index (κ3) is 3.01. The van der Waals surface area contributed by atoms with Crippen LogP contribution in [0, 0.1) is 5.41 Å². The molecule has 1 aromatic rings. The van der Waals surface area contributed by atoms with Gasteiger partial charge in [0.2, 0.25) is 0 Å². The number of hydrogen-bond acceptors (Lipinski definition) is 3. The van der Waals surface area contributed by atoms with Crippen molar-refractivity contribution in [3.8, 4) is 5.75 Å². The summed E-state index contributed by atoms with van der Waals surface area (Å²) in [5.74, 6) is -0.324. The average Bonchev–Trinajstić information content (AvgIpc) is 2.26. The second-order valence-corrected chi connectivity index (χ2v) is 4.94. The van der Waals surface area contributed by atoms with Gasteiger partial charge in [-0.25, -0.2) is 0 Å². The van der Waals surface area contributed by atoms with E-state index < -0.39 is 17.9 Å². The largest absolute Gasteiger partial charge is 0.573 e. The van der Waals surface area contributed by atoms with Gasteiger partial charge in [-0.2, -0.15) is 0 Å². The molecule has 0 spiro atoms. The van der Waals surface area contributed by atoms with E-state index in [2.05, 4.69) is 4.74 Å². The molecule has 0 heterocycles. The van der Waals surface area contributed by atoms with Gasteiger partial charge in [0.25, 0.3) is 0 Å². The monoisotopic (exact) mass is 275 g/mol. The van der Waals surface area contributed by atoms with E-state index in [0.29, 0.717) is 12.1 Å². The number of alkyl halides is 3. The van der Waals surface area contributed by atoms with Gasteiger partial charge < -0.3 is 15.6 Å². The normalized spacial score (nSPS) is 19.6. The van der Waals surface area contributed by atoms with Gasteiger partial charge >= 0.3 is 6.36 Å². The van der Waals surface area contributed by atoms with Crippen LogP contribution in [-0.4, -0.2) is 18.0 Å². The van der Waals surface area contributed by atoms with Crippen LogP contribution in [0.25, 0.3) is 0 Å². The average molecular weight is 275 g/mol. The molecule has 1 atom stereocenters. The predicted octanol–water partition coefficient (Wildman–Crippen LogP) is 2.75. The molecule has 1 aliphatic rings. The second kappa shape index (κ2) is 5.02. The Morgan fingerprint density at radius 2 is 2.05 bits per heavy atom. The fraction of sp³-hybridized carbons (Fsp3) is 0.538. The van der Waals surface area contributed by atoms with E-state index >= 15 is 0 Å². The lowest BCUT2D eigenvalue weighted by molar-refractivity contribution is -0.274. The zero-order chi connectivity index (χ0) is 14.1. The van der Waals surface area contributed by atoms with Crippen LogP contribution in [0.2, 0.25) is 0 Å². The van der Waals surface area contributed by atoms with Crippen molar-refractivity contribution < 1.29 is 23.0 Å². The lowest BCUT2D eigenvalue weighted by Gasteiger charge is -2.44. The Labute approximate surface area is 109 Å². The lowest BCUT2D eigenvalue weighted by atomic mass is 9.63. The topological polar surface area (TPSA) is 55.5 Å². The highest BCUT2D eigenvalue weighted by molar-refractivity contribution is 5.31.